The van der Waals surface area contributed by atoms with Crippen molar-refractivity contribution >= 4 is 11.8 Å². The number of imidazole rings is 1. The minimum atomic E-state index is 0.0246. The lowest BCUT2D eigenvalue weighted by molar-refractivity contribution is -0.136. The number of aromatic nitrogens is 2. The zero-order valence-corrected chi connectivity index (χ0v) is 16.3. The topological polar surface area (TPSA) is 69.3 Å². The number of nitrogens with one attached hydrogen (secondary N) is 1. The van der Waals surface area contributed by atoms with Crippen LogP contribution >= 0.6 is 0 Å². The smallest absolute Gasteiger partial charge is 0.223 e. The molecule has 2 fully saturated rings. The zero-order chi connectivity index (χ0) is 18.7. The molecule has 0 bridgehead atoms. The number of carbonyl (C=O) groups excluding carboxylic acids is 2. The molecule has 0 aromatic carbocycles. The molecule has 0 unspecified atom stereocenters. The SMILES string of the molecule is CC(C)(C)CC(=O)N1CC[C@H]2CC(=O)N(CCc3cnc[nH]3)CC[C@H]2C1. The van der Waals surface area contributed by atoms with Crippen LogP contribution < -0.4 is 0 Å². The van der Waals surface area contributed by atoms with Crippen molar-refractivity contribution in [3.63, 3.8) is 0 Å². The van der Waals surface area contributed by atoms with Crippen molar-refractivity contribution in [3.8, 4) is 0 Å². The Morgan fingerprint density at radius 1 is 1.27 bits per heavy atom. The third-order valence-corrected chi connectivity index (χ3v) is 5.69. The molecular weight excluding hydrogens is 328 g/mol. The van der Waals surface area contributed by atoms with Crippen LogP contribution in [0.2, 0.25) is 0 Å². The van der Waals surface area contributed by atoms with Gasteiger partial charge in [0, 0.05) is 57.3 Å². The molecule has 0 radical (unpaired) electrons. The first-order valence-electron chi connectivity index (χ1n) is 9.84. The van der Waals surface area contributed by atoms with Crippen molar-refractivity contribution in [2.24, 2.45) is 17.3 Å². The fourth-order valence-corrected chi connectivity index (χ4v) is 4.18. The number of H-pyrrole nitrogens is 1. The molecule has 2 saturated heterocycles. The van der Waals surface area contributed by atoms with Gasteiger partial charge in [0.25, 0.3) is 0 Å². The van der Waals surface area contributed by atoms with Crippen LogP contribution in [0.25, 0.3) is 0 Å². The predicted molar refractivity (Wildman–Crippen MR) is 100 cm³/mol. The molecule has 1 N–H and O–H groups in total. The van der Waals surface area contributed by atoms with Gasteiger partial charge in [0.2, 0.25) is 11.8 Å². The Bertz CT molecular complexity index is 620. The number of carbonyl (C=O) groups is 2. The maximum absolute atomic E-state index is 12.7. The van der Waals surface area contributed by atoms with Crippen molar-refractivity contribution in [1.82, 2.24) is 19.8 Å². The zero-order valence-electron chi connectivity index (χ0n) is 16.3. The first-order chi connectivity index (χ1) is 12.3. The Morgan fingerprint density at radius 3 is 2.73 bits per heavy atom. The molecule has 6 heteroatoms. The van der Waals surface area contributed by atoms with Gasteiger partial charge in [0.1, 0.15) is 0 Å². The number of nitrogens with zero attached hydrogens (tertiary/aromatic N) is 3. The molecule has 2 aliphatic heterocycles. The molecule has 0 aliphatic carbocycles. The molecule has 1 aromatic rings. The molecule has 26 heavy (non-hydrogen) atoms. The highest BCUT2D eigenvalue weighted by molar-refractivity contribution is 5.78. The Balaban J connectivity index is 1.55. The summed E-state index contributed by atoms with van der Waals surface area (Å²) in [6.45, 7) is 9.50. The van der Waals surface area contributed by atoms with Gasteiger partial charge < -0.3 is 14.8 Å². The lowest BCUT2D eigenvalue weighted by atomic mass is 9.81. The number of hydrogen-bond donors (Lipinski definition) is 1. The quantitative estimate of drug-likeness (QED) is 0.897. The van der Waals surface area contributed by atoms with E-state index < -0.39 is 0 Å². The predicted octanol–water partition coefficient (Wildman–Crippen LogP) is 2.48. The van der Waals surface area contributed by atoms with Gasteiger partial charge >= 0.3 is 0 Å². The molecule has 144 valence electrons. The Kier molecular flexibility index (Phi) is 5.68. The summed E-state index contributed by atoms with van der Waals surface area (Å²) in [7, 11) is 0. The molecule has 0 saturated carbocycles. The summed E-state index contributed by atoms with van der Waals surface area (Å²) >= 11 is 0. The van der Waals surface area contributed by atoms with E-state index in [4.69, 9.17) is 0 Å². The number of amides is 2. The average molecular weight is 361 g/mol. The van der Waals surface area contributed by atoms with Crippen molar-refractivity contribution in [1.29, 1.82) is 0 Å². The molecule has 2 amide bonds. The van der Waals surface area contributed by atoms with Crippen LogP contribution in [-0.2, 0) is 16.0 Å². The van der Waals surface area contributed by atoms with Crippen molar-refractivity contribution in [3.05, 3.63) is 18.2 Å². The highest BCUT2D eigenvalue weighted by atomic mass is 16.2. The van der Waals surface area contributed by atoms with Crippen LogP contribution in [0.3, 0.4) is 0 Å². The summed E-state index contributed by atoms with van der Waals surface area (Å²) < 4.78 is 0. The van der Waals surface area contributed by atoms with Crippen LogP contribution in [-0.4, -0.2) is 57.8 Å². The monoisotopic (exact) mass is 360 g/mol. The molecule has 6 nitrogen and oxygen atoms in total. The number of hydrogen-bond acceptors (Lipinski definition) is 3. The molecule has 3 rings (SSSR count). The molecule has 3 heterocycles. The molecule has 2 aliphatic rings. The maximum atomic E-state index is 12.7. The van der Waals surface area contributed by atoms with Crippen molar-refractivity contribution in [2.45, 2.75) is 52.9 Å². The second-order valence-electron chi connectivity index (χ2n) is 9.09. The molecule has 0 spiro atoms. The molecule has 1 aromatic heterocycles. The lowest BCUT2D eigenvalue weighted by Crippen LogP contribution is -2.44. The van der Waals surface area contributed by atoms with Gasteiger partial charge in [-0.05, 0) is 30.1 Å². The van der Waals surface area contributed by atoms with E-state index in [9.17, 15) is 9.59 Å². The van der Waals surface area contributed by atoms with Crippen molar-refractivity contribution < 1.29 is 9.59 Å². The van der Waals surface area contributed by atoms with Crippen molar-refractivity contribution in [2.75, 3.05) is 26.2 Å². The number of rotatable bonds is 4. The first-order valence-corrected chi connectivity index (χ1v) is 9.84. The summed E-state index contributed by atoms with van der Waals surface area (Å²) in [6, 6.07) is 0. The Labute approximate surface area is 156 Å². The van der Waals surface area contributed by atoms with Gasteiger partial charge in [0.15, 0.2) is 0 Å². The maximum Gasteiger partial charge on any atom is 0.223 e. The minimum absolute atomic E-state index is 0.0246. The molecular formula is C20H32N4O2. The fraction of sp³-hybridized carbons (Fsp3) is 0.750. The average Bonchev–Trinajstić information content (AvgIpc) is 3.02. The second-order valence-corrected chi connectivity index (χ2v) is 9.09. The van der Waals surface area contributed by atoms with E-state index in [0.717, 1.165) is 51.1 Å². The molecule has 2 atom stereocenters. The third-order valence-electron chi connectivity index (χ3n) is 5.69. The Morgan fingerprint density at radius 2 is 2.04 bits per heavy atom. The van der Waals surface area contributed by atoms with Gasteiger partial charge in [0.05, 0.1) is 6.33 Å². The van der Waals surface area contributed by atoms with E-state index in [2.05, 4.69) is 30.7 Å². The van der Waals surface area contributed by atoms with E-state index in [-0.39, 0.29) is 17.2 Å². The van der Waals surface area contributed by atoms with E-state index in [0.29, 0.717) is 24.7 Å². The normalized spacial score (nSPS) is 24.3. The largest absolute Gasteiger partial charge is 0.348 e. The van der Waals surface area contributed by atoms with Crippen LogP contribution in [0.15, 0.2) is 12.5 Å². The fourth-order valence-electron chi connectivity index (χ4n) is 4.18. The summed E-state index contributed by atoms with van der Waals surface area (Å²) in [4.78, 5) is 36.4. The summed E-state index contributed by atoms with van der Waals surface area (Å²) in [6.07, 6.45) is 7.50. The number of fused-ring (bicyclic) bond motifs is 1. The van der Waals surface area contributed by atoms with Crippen LogP contribution in [0.5, 0.6) is 0 Å². The van der Waals surface area contributed by atoms with Gasteiger partial charge in [-0.1, -0.05) is 20.8 Å². The number of piperidine rings is 1. The summed E-state index contributed by atoms with van der Waals surface area (Å²) in [5.74, 6) is 1.42. The highest BCUT2D eigenvalue weighted by Gasteiger charge is 2.36. The third kappa shape index (κ3) is 4.86. The minimum Gasteiger partial charge on any atom is -0.348 e. The van der Waals surface area contributed by atoms with Gasteiger partial charge in [-0.25, -0.2) is 4.98 Å². The van der Waals surface area contributed by atoms with Gasteiger partial charge in [-0.15, -0.1) is 0 Å². The van der Waals surface area contributed by atoms with Crippen LogP contribution in [0, 0.1) is 17.3 Å². The van der Waals surface area contributed by atoms with E-state index in [1.54, 1.807) is 6.33 Å². The van der Waals surface area contributed by atoms with E-state index in [1.807, 2.05) is 16.0 Å². The first kappa shape index (κ1) is 18.9. The van der Waals surface area contributed by atoms with Crippen LogP contribution in [0.4, 0.5) is 0 Å². The van der Waals surface area contributed by atoms with Gasteiger partial charge in [-0.2, -0.15) is 0 Å². The lowest BCUT2D eigenvalue weighted by Gasteiger charge is -2.38. The van der Waals surface area contributed by atoms with E-state index in [1.165, 1.54) is 0 Å². The van der Waals surface area contributed by atoms with E-state index >= 15 is 0 Å². The standard InChI is InChI=1S/C20H32N4O2/c1-20(2,3)11-19(26)24-8-4-15-10-18(25)23(7-5-16(15)13-24)9-6-17-12-21-14-22-17/h12,14-16H,4-11,13H2,1-3H3,(H,21,22)/t15-,16-/m0/s1. The van der Waals surface area contributed by atoms with Crippen LogP contribution in [0.1, 0.15) is 52.1 Å². The number of aromatic amines is 1. The number of likely N-dealkylation sites (tertiary alicyclic amines) is 2. The van der Waals surface area contributed by atoms with Gasteiger partial charge in [-0.3, -0.25) is 9.59 Å². The Hall–Kier alpha value is -1.85. The summed E-state index contributed by atoms with van der Waals surface area (Å²) in [5, 5.41) is 0. The highest BCUT2D eigenvalue weighted by Crippen LogP contribution is 2.33. The second kappa shape index (κ2) is 7.80. The summed E-state index contributed by atoms with van der Waals surface area (Å²) in [5.41, 5.74) is 1.09.